The number of rotatable bonds is 6. The van der Waals surface area contributed by atoms with Crippen molar-refractivity contribution in [1.82, 2.24) is 30.1 Å². The van der Waals surface area contributed by atoms with Gasteiger partial charge in [0.05, 0.1) is 35.8 Å². The first-order valence-corrected chi connectivity index (χ1v) is 11.0. The number of hydrogen-bond donors (Lipinski definition) is 0. The molecule has 33 heavy (non-hydrogen) atoms. The molecule has 168 valence electrons. The molecule has 1 atom stereocenters. The van der Waals surface area contributed by atoms with Crippen molar-refractivity contribution in [1.29, 1.82) is 0 Å². The molecule has 3 heterocycles. The lowest BCUT2D eigenvalue weighted by molar-refractivity contribution is 0.0715. The summed E-state index contributed by atoms with van der Waals surface area (Å²) in [6.45, 7) is 5.03. The summed E-state index contributed by atoms with van der Waals surface area (Å²) in [5, 5.41) is 17.0. The third-order valence-corrected chi connectivity index (χ3v) is 5.67. The Kier molecular flexibility index (Phi) is 5.60. The van der Waals surface area contributed by atoms with Crippen LogP contribution < -0.4 is 4.74 Å². The van der Waals surface area contributed by atoms with Crippen LogP contribution >= 0.6 is 0 Å². The molecule has 0 aliphatic carbocycles. The number of para-hydroxylation sites is 1. The Bertz CT molecular complexity index is 1270. The molecule has 0 spiro atoms. The van der Waals surface area contributed by atoms with Crippen LogP contribution in [0.2, 0.25) is 0 Å². The number of likely N-dealkylation sites (tertiary alicyclic amines) is 1. The van der Waals surface area contributed by atoms with E-state index in [0.29, 0.717) is 41.9 Å². The van der Waals surface area contributed by atoms with Gasteiger partial charge >= 0.3 is 0 Å². The van der Waals surface area contributed by atoms with E-state index in [2.05, 4.69) is 20.4 Å². The molecule has 0 N–H and O–H groups in total. The van der Waals surface area contributed by atoms with Gasteiger partial charge in [-0.25, -0.2) is 0 Å². The third kappa shape index (κ3) is 3.97. The number of amides is 1. The number of aromatic nitrogens is 5. The first-order chi connectivity index (χ1) is 16.2. The minimum absolute atomic E-state index is 0.108. The monoisotopic (exact) mass is 444 g/mol. The summed E-state index contributed by atoms with van der Waals surface area (Å²) < 4.78 is 11.8. The first-order valence-electron chi connectivity index (χ1n) is 11.0. The van der Waals surface area contributed by atoms with Gasteiger partial charge in [0.25, 0.3) is 11.8 Å². The Hall–Kier alpha value is -4.01. The molecule has 0 saturated carbocycles. The second-order valence-corrected chi connectivity index (χ2v) is 7.87. The molecule has 1 fully saturated rings. The van der Waals surface area contributed by atoms with Crippen molar-refractivity contribution in [3.05, 3.63) is 71.9 Å². The van der Waals surface area contributed by atoms with E-state index >= 15 is 0 Å². The Labute approximate surface area is 191 Å². The minimum Gasteiger partial charge on any atom is -0.493 e. The lowest BCUT2D eigenvalue weighted by Crippen LogP contribution is -2.31. The molecule has 2 aromatic carbocycles. The molecular formula is C24H24N6O3. The molecular weight excluding hydrogens is 420 g/mol. The van der Waals surface area contributed by atoms with Crippen molar-refractivity contribution in [3.8, 4) is 22.9 Å². The van der Waals surface area contributed by atoms with Gasteiger partial charge < -0.3 is 14.1 Å². The van der Waals surface area contributed by atoms with Gasteiger partial charge in [-0.1, -0.05) is 23.8 Å². The van der Waals surface area contributed by atoms with Crippen LogP contribution in [0.3, 0.4) is 0 Å². The van der Waals surface area contributed by atoms with Gasteiger partial charge in [0.1, 0.15) is 11.8 Å². The van der Waals surface area contributed by atoms with Crippen molar-refractivity contribution in [3.63, 3.8) is 0 Å². The molecule has 1 unspecified atom stereocenters. The summed E-state index contributed by atoms with van der Waals surface area (Å²) >= 11 is 0. The SMILES string of the molecule is CCOc1ccccc1-c1nnc(C2CCCN2C(=O)c2cc(C)ccc2-n2nccn2)o1. The Morgan fingerprint density at radius 3 is 2.79 bits per heavy atom. The molecule has 9 heteroatoms. The van der Waals surface area contributed by atoms with E-state index in [1.54, 1.807) is 17.3 Å². The first kappa shape index (κ1) is 20.9. The summed E-state index contributed by atoms with van der Waals surface area (Å²) in [7, 11) is 0. The summed E-state index contributed by atoms with van der Waals surface area (Å²) in [5.41, 5.74) is 2.90. The van der Waals surface area contributed by atoms with E-state index in [9.17, 15) is 4.79 Å². The van der Waals surface area contributed by atoms with E-state index in [-0.39, 0.29) is 11.9 Å². The van der Waals surface area contributed by atoms with Gasteiger partial charge in [-0.2, -0.15) is 15.0 Å². The van der Waals surface area contributed by atoms with Crippen LogP contribution in [-0.4, -0.2) is 49.1 Å². The standard InChI is InChI=1S/C24H24N6O3/c1-3-32-21-9-5-4-7-17(21)22-27-28-23(33-22)20-8-6-14-29(20)24(31)18-15-16(2)10-11-19(18)30-25-12-13-26-30/h4-5,7,9-13,15,20H,3,6,8,14H2,1-2H3. The maximum absolute atomic E-state index is 13.7. The minimum atomic E-state index is -0.294. The fourth-order valence-corrected chi connectivity index (χ4v) is 4.16. The fraction of sp³-hybridized carbons (Fsp3) is 0.292. The number of aryl methyl sites for hydroxylation is 1. The Morgan fingerprint density at radius 1 is 1.15 bits per heavy atom. The highest BCUT2D eigenvalue weighted by atomic mass is 16.5. The van der Waals surface area contributed by atoms with Crippen LogP contribution in [0.5, 0.6) is 5.75 Å². The van der Waals surface area contributed by atoms with Gasteiger partial charge in [-0.15, -0.1) is 10.2 Å². The van der Waals surface area contributed by atoms with Crippen LogP contribution in [0.25, 0.3) is 17.1 Å². The third-order valence-electron chi connectivity index (χ3n) is 5.67. The molecule has 4 aromatic rings. The van der Waals surface area contributed by atoms with Crippen LogP contribution in [0.15, 0.2) is 59.3 Å². The number of ether oxygens (including phenoxy) is 1. The predicted octanol–water partition coefficient (Wildman–Crippen LogP) is 4.00. The maximum Gasteiger partial charge on any atom is 0.256 e. The lowest BCUT2D eigenvalue weighted by Gasteiger charge is -2.23. The van der Waals surface area contributed by atoms with Gasteiger partial charge in [0.15, 0.2) is 0 Å². The highest BCUT2D eigenvalue weighted by molar-refractivity contribution is 5.98. The van der Waals surface area contributed by atoms with Crippen molar-refractivity contribution in [2.45, 2.75) is 32.7 Å². The van der Waals surface area contributed by atoms with Crippen molar-refractivity contribution < 1.29 is 13.9 Å². The zero-order valence-corrected chi connectivity index (χ0v) is 18.5. The molecule has 1 aliphatic rings. The van der Waals surface area contributed by atoms with Gasteiger partial charge in [0, 0.05) is 6.54 Å². The summed E-state index contributed by atoms with van der Waals surface area (Å²) in [6, 6.07) is 12.9. The molecule has 1 saturated heterocycles. The number of carbonyl (C=O) groups excluding carboxylic acids is 1. The van der Waals surface area contributed by atoms with E-state index < -0.39 is 0 Å². The lowest BCUT2D eigenvalue weighted by atomic mass is 10.1. The van der Waals surface area contributed by atoms with Gasteiger partial charge in [-0.05, 0) is 51.0 Å². The second-order valence-electron chi connectivity index (χ2n) is 7.87. The number of nitrogens with zero attached hydrogens (tertiary/aromatic N) is 6. The number of carbonyl (C=O) groups is 1. The van der Waals surface area contributed by atoms with Crippen LogP contribution in [0.1, 0.15) is 47.6 Å². The largest absolute Gasteiger partial charge is 0.493 e. The van der Waals surface area contributed by atoms with Crippen molar-refractivity contribution in [2.24, 2.45) is 0 Å². The summed E-state index contributed by atoms with van der Waals surface area (Å²) in [5.74, 6) is 1.38. The van der Waals surface area contributed by atoms with Crippen LogP contribution in [-0.2, 0) is 0 Å². The molecule has 9 nitrogen and oxygen atoms in total. The van der Waals surface area contributed by atoms with Crippen molar-refractivity contribution >= 4 is 5.91 Å². The average Bonchev–Trinajstić information content (AvgIpc) is 3.60. The van der Waals surface area contributed by atoms with Crippen LogP contribution in [0.4, 0.5) is 0 Å². The quantitative estimate of drug-likeness (QED) is 0.443. The maximum atomic E-state index is 13.7. The summed E-state index contributed by atoms with van der Waals surface area (Å²) in [6.07, 6.45) is 4.78. The highest BCUT2D eigenvalue weighted by Gasteiger charge is 2.35. The van der Waals surface area contributed by atoms with E-state index in [1.807, 2.05) is 56.3 Å². The molecule has 1 aliphatic heterocycles. The zero-order chi connectivity index (χ0) is 22.8. The molecule has 0 radical (unpaired) electrons. The zero-order valence-electron chi connectivity index (χ0n) is 18.5. The number of benzene rings is 2. The Balaban J connectivity index is 1.46. The highest BCUT2D eigenvalue weighted by Crippen LogP contribution is 2.36. The second kappa shape index (κ2) is 8.85. The molecule has 1 amide bonds. The van der Waals surface area contributed by atoms with E-state index in [1.165, 1.54) is 4.80 Å². The fourth-order valence-electron chi connectivity index (χ4n) is 4.16. The van der Waals surface area contributed by atoms with Crippen LogP contribution in [0, 0.1) is 6.92 Å². The smallest absolute Gasteiger partial charge is 0.256 e. The molecule has 2 aromatic heterocycles. The molecule has 5 rings (SSSR count). The summed E-state index contributed by atoms with van der Waals surface area (Å²) in [4.78, 5) is 16.9. The molecule has 0 bridgehead atoms. The normalized spacial score (nSPS) is 15.7. The average molecular weight is 444 g/mol. The van der Waals surface area contributed by atoms with E-state index in [4.69, 9.17) is 9.15 Å². The topological polar surface area (TPSA) is 99.2 Å². The number of hydrogen-bond acceptors (Lipinski definition) is 7. The predicted molar refractivity (Wildman–Crippen MR) is 120 cm³/mol. The Morgan fingerprint density at radius 2 is 1.97 bits per heavy atom. The van der Waals surface area contributed by atoms with Crippen molar-refractivity contribution in [2.75, 3.05) is 13.2 Å². The van der Waals surface area contributed by atoms with E-state index in [0.717, 1.165) is 24.0 Å². The van der Waals surface area contributed by atoms with Gasteiger partial charge in [-0.3, -0.25) is 4.79 Å². The van der Waals surface area contributed by atoms with Gasteiger partial charge in [0.2, 0.25) is 5.89 Å².